The minimum absolute atomic E-state index is 0. The summed E-state index contributed by atoms with van der Waals surface area (Å²) in [5.74, 6) is 0.692. The van der Waals surface area contributed by atoms with Gasteiger partial charge in [-0.15, -0.1) is 29.8 Å². The maximum atomic E-state index is 11.7. The normalized spacial score (nSPS) is 11.8. The Hall–Kier alpha value is -3.86. The zero-order chi connectivity index (χ0) is 31.1. The second kappa shape index (κ2) is 12.9. The summed E-state index contributed by atoms with van der Waals surface area (Å²) in [6.45, 7) is 12.9. The molecule has 0 radical (unpaired) electrons. The van der Waals surface area contributed by atoms with Gasteiger partial charge in [-0.25, -0.2) is 9.97 Å². The van der Waals surface area contributed by atoms with Gasteiger partial charge in [-0.2, -0.15) is 0 Å². The van der Waals surface area contributed by atoms with Crippen LogP contribution in [-0.2, 0) is 31.9 Å². The maximum Gasteiger partial charge on any atom is 0.154 e. The largest absolute Gasteiger partial charge is 0.507 e. The molecule has 0 saturated carbocycles. The Morgan fingerprint density at radius 3 is 2.22 bits per heavy atom. The van der Waals surface area contributed by atoms with Gasteiger partial charge in [0, 0.05) is 56.0 Å². The van der Waals surface area contributed by atoms with Crippen molar-refractivity contribution < 1.29 is 26.2 Å². The van der Waals surface area contributed by atoms with Crippen molar-refractivity contribution in [3.63, 3.8) is 0 Å². The molecule has 5 nitrogen and oxygen atoms in total. The molecule has 7 heteroatoms. The molecular weight excluding hydrogens is 756 g/mol. The van der Waals surface area contributed by atoms with Crippen molar-refractivity contribution in [2.45, 2.75) is 62.3 Å². The fourth-order valence-electron chi connectivity index (χ4n) is 5.06. The summed E-state index contributed by atoms with van der Waals surface area (Å²) in [6, 6.07) is 29.8. The van der Waals surface area contributed by atoms with Crippen molar-refractivity contribution in [1.29, 1.82) is 0 Å². The number of benzene rings is 3. The molecule has 0 aliphatic heterocycles. The molecule has 0 unspecified atom stereocenters. The van der Waals surface area contributed by atoms with Gasteiger partial charge in [0.1, 0.15) is 5.75 Å². The second-order valence-corrected chi connectivity index (χ2v) is 14.1. The van der Waals surface area contributed by atoms with E-state index in [1.807, 2.05) is 85.2 Å². The maximum absolute atomic E-state index is 11.7. The molecule has 0 bridgehead atoms. The smallest absolute Gasteiger partial charge is 0.154 e. The van der Waals surface area contributed by atoms with Crippen LogP contribution in [0.2, 0.25) is 0 Å². The molecular formula is C38H35N4OPtS-. The topological polar surface area (TPSA) is 71.8 Å². The van der Waals surface area contributed by atoms with Crippen molar-refractivity contribution in [3.8, 4) is 39.7 Å². The van der Waals surface area contributed by atoms with Crippen molar-refractivity contribution in [1.82, 2.24) is 19.9 Å². The van der Waals surface area contributed by atoms with E-state index in [2.05, 4.69) is 63.6 Å². The van der Waals surface area contributed by atoms with E-state index in [1.165, 1.54) is 0 Å². The van der Waals surface area contributed by atoms with Crippen LogP contribution in [0, 0.1) is 6.07 Å². The summed E-state index contributed by atoms with van der Waals surface area (Å²) in [4.78, 5) is 19.9. The number of nitrogens with zero attached hydrogens (tertiary/aromatic N) is 4. The van der Waals surface area contributed by atoms with Crippen LogP contribution < -0.4 is 0 Å². The van der Waals surface area contributed by atoms with Crippen LogP contribution in [0.4, 0.5) is 0 Å². The fourth-order valence-corrected chi connectivity index (χ4v) is 5.88. The second-order valence-electron chi connectivity index (χ2n) is 13.0. The molecule has 0 spiro atoms. The van der Waals surface area contributed by atoms with E-state index in [4.69, 9.17) is 9.97 Å². The molecule has 0 fully saturated rings. The number of aromatic hydroxyl groups is 1. The molecule has 230 valence electrons. The first kappa shape index (κ1) is 32.5. The molecule has 0 saturated heterocycles. The summed E-state index contributed by atoms with van der Waals surface area (Å²) in [5, 5.41) is 14.6. The SMILES string of the molecule is CC(C)(C)c1cc(-c2nc(-c3[c-]c(Sc4cc5cnccc5cn4)ccc3)cc(-c3ccccc3)n2)c(O)c(C(C)(C)C)c1.[Pt]. The zero-order valence-corrected chi connectivity index (χ0v) is 29.3. The van der Waals surface area contributed by atoms with E-state index in [1.54, 1.807) is 18.0 Å². The number of phenolic OH excluding ortho intramolecular Hbond substituents is 1. The van der Waals surface area contributed by atoms with E-state index >= 15 is 0 Å². The van der Waals surface area contributed by atoms with Crippen LogP contribution in [0.25, 0.3) is 44.7 Å². The average Bonchev–Trinajstić information content (AvgIpc) is 3.00. The minimum Gasteiger partial charge on any atom is -0.507 e. The Bertz CT molecular complexity index is 1980. The Kier molecular flexibility index (Phi) is 9.30. The van der Waals surface area contributed by atoms with Gasteiger partial charge in [0.05, 0.1) is 16.3 Å². The van der Waals surface area contributed by atoms with Gasteiger partial charge in [-0.05, 0) is 45.8 Å². The van der Waals surface area contributed by atoms with Gasteiger partial charge >= 0.3 is 0 Å². The van der Waals surface area contributed by atoms with Crippen LogP contribution in [0.5, 0.6) is 5.75 Å². The van der Waals surface area contributed by atoms with Gasteiger partial charge in [0.25, 0.3) is 0 Å². The van der Waals surface area contributed by atoms with Gasteiger partial charge in [-0.3, -0.25) is 9.97 Å². The molecule has 0 aliphatic rings. The number of rotatable bonds is 5. The first-order valence-electron chi connectivity index (χ1n) is 14.7. The molecule has 6 aromatic rings. The molecule has 45 heavy (non-hydrogen) atoms. The standard InChI is InChI=1S/C38H35N4OS.Pt/c1-37(2,3)28-19-30(35(43)31(20-28)38(4,5)6)36-41-32(24-11-8-7-9-12-24)21-33(42-36)25-13-10-14-29(17-25)44-34-18-27-22-39-16-15-26(27)23-40-34;/h7-16,18-23,43H,1-6H3;/q-1;. The number of hydrogen-bond donors (Lipinski definition) is 1. The first-order chi connectivity index (χ1) is 21.0. The number of fused-ring (bicyclic) bond motifs is 1. The van der Waals surface area contributed by atoms with Gasteiger partial charge < -0.3 is 5.11 Å². The summed E-state index contributed by atoms with van der Waals surface area (Å²) in [6.07, 6.45) is 5.50. The zero-order valence-electron chi connectivity index (χ0n) is 26.2. The van der Waals surface area contributed by atoms with Gasteiger partial charge in [0.2, 0.25) is 0 Å². The van der Waals surface area contributed by atoms with E-state index in [0.717, 1.165) is 54.3 Å². The van der Waals surface area contributed by atoms with Gasteiger partial charge in [-0.1, -0.05) is 101 Å². The van der Waals surface area contributed by atoms with Gasteiger partial charge in [0.15, 0.2) is 5.82 Å². The Morgan fingerprint density at radius 2 is 1.49 bits per heavy atom. The molecule has 1 N–H and O–H groups in total. The Balaban J connectivity index is 0.00000400. The molecule has 6 rings (SSSR count). The number of aromatic nitrogens is 4. The van der Waals surface area contributed by atoms with Crippen LogP contribution in [0.15, 0.2) is 107 Å². The average molecular weight is 791 g/mol. The summed E-state index contributed by atoms with van der Waals surface area (Å²) >= 11 is 1.55. The summed E-state index contributed by atoms with van der Waals surface area (Å²) in [5.41, 5.74) is 5.53. The molecule has 3 aromatic carbocycles. The minimum atomic E-state index is -0.272. The molecule has 3 aromatic heterocycles. The third-order valence-electron chi connectivity index (χ3n) is 7.58. The van der Waals surface area contributed by atoms with E-state index in [9.17, 15) is 5.11 Å². The third-order valence-corrected chi connectivity index (χ3v) is 8.47. The fraction of sp³-hybridized carbons (Fsp3) is 0.211. The molecule has 0 aliphatic carbocycles. The predicted octanol–water partition coefficient (Wildman–Crippen LogP) is 9.67. The molecule has 3 heterocycles. The van der Waals surface area contributed by atoms with Crippen LogP contribution in [0.1, 0.15) is 52.7 Å². The van der Waals surface area contributed by atoms with Crippen molar-refractivity contribution in [2.75, 3.05) is 0 Å². The third kappa shape index (κ3) is 7.19. The first-order valence-corrected chi connectivity index (χ1v) is 15.5. The van der Waals surface area contributed by atoms with E-state index in [-0.39, 0.29) is 37.6 Å². The van der Waals surface area contributed by atoms with Crippen LogP contribution in [-0.4, -0.2) is 25.0 Å². The van der Waals surface area contributed by atoms with Crippen molar-refractivity contribution in [2.24, 2.45) is 0 Å². The number of pyridine rings is 2. The number of hydrogen-bond acceptors (Lipinski definition) is 6. The summed E-state index contributed by atoms with van der Waals surface area (Å²) < 4.78 is 0. The predicted molar refractivity (Wildman–Crippen MR) is 180 cm³/mol. The van der Waals surface area contributed by atoms with Crippen LogP contribution >= 0.6 is 11.8 Å². The van der Waals surface area contributed by atoms with E-state index < -0.39 is 0 Å². The Morgan fingerprint density at radius 1 is 0.733 bits per heavy atom. The Labute approximate surface area is 283 Å². The van der Waals surface area contributed by atoms with E-state index in [0.29, 0.717) is 11.4 Å². The summed E-state index contributed by atoms with van der Waals surface area (Å²) in [7, 11) is 0. The molecule has 0 atom stereocenters. The molecule has 0 amide bonds. The van der Waals surface area contributed by atoms with Crippen molar-refractivity contribution >= 4 is 22.5 Å². The van der Waals surface area contributed by atoms with Crippen LogP contribution in [0.3, 0.4) is 0 Å². The quantitative estimate of drug-likeness (QED) is 0.176. The monoisotopic (exact) mass is 790 g/mol. The van der Waals surface area contributed by atoms with Crippen molar-refractivity contribution in [3.05, 3.63) is 115 Å². The number of phenols is 1.